The van der Waals surface area contributed by atoms with Gasteiger partial charge in [0.15, 0.2) is 0 Å². The zero-order valence-corrected chi connectivity index (χ0v) is 14.3. The third kappa shape index (κ3) is 3.75. The topological polar surface area (TPSA) is 33.1 Å². The molecule has 1 rings (SSSR count). The van der Waals surface area contributed by atoms with E-state index in [-0.39, 0.29) is 0 Å². The molecule has 0 spiro atoms. The summed E-state index contributed by atoms with van der Waals surface area (Å²) in [5.74, 6) is 1.94. The number of aromatic nitrogens is 2. The summed E-state index contributed by atoms with van der Waals surface area (Å²) >= 11 is 0. The monoisotopic (exact) mass is 280 g/mol. The van der Waals surface area contributed by atoms with Crippen LogP contribution < -0.4 is 10.2 Å². The molecule has 0 aliphatic rings. The third-order valence-corrected chi connectivity index (χ3v) is 3.88. The molecule has 116 valence electrons. The maximum Gasteiger partial charge on any atom is 0.131 e. The van der Waals surface area contributed by atoms with Crippen LogP contribution in [0.2, 0.25) is 0 Å². The number of hydrogen-bond acceptors (Lipinski definition) is 3. The van der Waals surface area contributed by atoms with Gasteiger partial charge in [-0.3, -0.25) is 4.68 Å². The van der Waals surface area contributed by atoms with Gasteiger partial charge >= 0.3 is 0 Å². The lowest BCUT2D eigenvalue weighted by Crippen LogP contribution is -2.39. The van der Waals surface area contributed by atoms with Crippen LogP contribution in [0.15, 0.2) is 0 Å². The highest BCUT2D eigenvalue weighted by molar-refractivity contribution is 5.51. The Morgan fingerprint density at radius 1 is 1.25 bits per heavy atom. The fraction of sp³-hybridized carbons (Fsp3) is 0.812. The van der Waals surface area contributed by atoms with Crippen LogP contribution in [0.25, 0.3) is 0 Å². The molecule has 0 unspecified atom stereocenters. The summed E-state index contributed by atoms with van der Waals surface area (Å²) < 4.78 is 2.06. The van der Waals surface area contributed by atoms with Crippen molar-refractivity contribution in [1.82, 2.24) is 15.1 Å². The summed E-state index contributed by atoms with van der Waals surface area (Å²) in [5, 5.41) is 7.93. The van der Waals surface area contributed by atoms with Crippen LogP contribution >= 0.6 is 0 Å². The minimum atomic E-state index is 0.586. The fourth-order valence-corrected chi connectivity index (χ4v) is 2.96. The predicted octanol–water partition coefficient (Wildman–Crippen LogP) is 3.10. The van der Waals surface area contributed by atoms with Crippen molar-refractivity contribution in [3.8, 4) is 0 Å². The minimum Gasteiger partial charge on any atom is -0.353 e. The van der Waals surface area contributed by atoms with Crippen LogP contribution in [-0.2, 0) is 13.6 Å². The molecule has 0 amide bonds. The highest BCUT2D eigenvalue weighted by Crippen LogP contribution is 2.27. The molecule has 20 heavy (non-hydrogen) atoms. The van der Waals surface area contributed by atoms with Crippen molar-refractivity contribution < 1.29 is 0 Å². The first kappa shape index (κ1) is 17.0. The van der Waals surface area contributed by atoms with Gasteiger partial charge < -0.3 is 10.2 Å². The first-order chi connectivity index (χ1) is 9.46. The molecule has 1 heterocycles. The van der Waals surface area contributed by atoms with E-state index in [2.05, 4.69) is 61.7 Å². The molecule has 0 radical (unpaired) electrons. The number of rotatable bonds is 8. The lowest BCUT2D eigenvalue weighted by molar-refractivity contribution is 0.492. The summed E-state index contributed by atoms with van der Waals surface area (Å²) in [6, 6.07) is 0.586. The Morgan fingerprint density at radius 3 is 2.30 bits per heavy atom. The zero-order valence-electron chi connectivity index (χ0n) is 14.3. The second-order valence-corrected chi connectivity index (χ2v) is 6.06. The van der Waals surface area contributed by atoms with Crippen LogP contribution in [0.1, 0.15) is 51.8 Å². The van der Waals surface area contributed by atoms with E-state index in [0.29, 0.717) is 12.0 Å². The maximum absolute atomic E-state index is 4.64. The van der Waals surface area contributed by atoms with Gasteiger partial charge in [0.2, 0.25) is 0 Å². The molecule has 0 bridgehead atoms. The van der Waals surface area contributed by atoms with Gasteiger partial charge in [-0.25, -0.2) is 0 Å². The molecule has 0 atom stereocenters. The molecule has 0 aliphatic heterocycles. The van der Waals surface area contributed by atoms with Crippen LogP contribution in [0, 0.1) is 12.8 Å². The first-order valence-electron chi connectivity index (χ1n) is 7.89. The van der Waals surface area contributed by atoms with Crippen LogP contribution in [0.5, 0.6) is 0 Å². The van der Waals surface area contributed by atoms with Crippen LogP contribution in [0.4, 0.5) is 5.82 Å². The number of anilines is 1. The van der Waals surface area contributed by atoms with Crippen molar-refractivity contribution in [3.05, 3.63) is 11.3 Å². The molecule has 0 saturated heterocycles. The standard InChI is InChI=1S/C16H32N4/c1-8-14(9-2)20(11-12(3)4)16-15(10-17-6)13(5)18-19(16)7/h12,14,17H,8-11H2,1-7H3. The van der Waals surface area contributed by atoms with Crippen molar-refractivity contribution in [1.29, 1.82) is 0 Å². The Balaban J connectivity index is 3.24. The van der Waals surface area contributed by atoms with Crippen molar-refractivity contribution in [2.75, 3.05) is 18.5 Å². The smallest absolute Gasteiger partial charge is 0.131 e. The first-order valence-corrected chi connectivity index (χ1v) is 7.89. The Kier molecular flexibility index (Phi) is 6.53. The average Bonchev–Trinajstić information content (AvgIpc) is 2.64. The minimum absolute atomic E-state index is 0.586. The van der Waals surface area contributed by atoms with E-state index in [1.807, 2.05) is 7.05 Å². The molecule has 1 aromatic heterocycles. The molecule has 4 heteroatoms. The van der Waals surface area contributed by atoms with Crippen molar-refractivity contribution >= 4 is 5.82 Å². The van der Waals surface area contributed by atoms with Gasteiger partial charge in [0, 0.05) is 31.7 Å². The second-order valence-electron chi connectivity index (χ2n) is 6.06. The van der Waals surface area contributed by atoms with E-state index in [9.17, 15) is 0 Å². The van der Waals surface area contributed by atoms with Gasteiger partial charge in [-0.2, -0.15) is 5.10 Å². The fourth-order valence-electron chi connectivity index (χ4n) is 2.96. The Morgan fingerprint density at radius 2 is 1.85 bits per heavy atom. The van der Waals surface area contributed by atoms with E-state index in [1.54, 1.807) is 0 Å². The summed E-state index contributed by atoms with van der Waals surface area (Å²) in [7, 11) is 4.07. The van der Waals surface area contributed by atoms with E-state index in [1.165, 1.54) is 24.2 Å². The number of aryl methyl sites for hydroxylation is 2. The van der Waals surface area contributed by atoms with Crippen LogP contribution in [-0.4, -0.2) is 29.4 Å². The third-order valence-electron chi connectivity index (χ3n) is 3.88. The molecule has 1 N–H and O–H groups in total. The molecule has 1 aromatic rings. The zero-order chi connectivity index (χ0) is 15.3. The SMILES string of the molecule is CCC(CC)N(CC(C)C)c1c(CNC)c(C)nn1C. The lowest BCUT2D eigenvalue weighted by atomic mass is 10.1. The summed E-state index contributed by atoms with van der Waals surface area (Å²) in [6.07, 6.45) is 2.35. The average molecular weight is 280 g/mol. The van der Waals surface area contributed by atoms with Gasteiger partial charge in [-0.05, 0) is 32.7 Å². The molecule has 4 nitrogen and oxygen atoms in total. The molecule has 0 fully saturated rings. The van der Waals surface area contributed by atoms with Crippen molar-refractivity contribution in [3.63, 3.8) is 0 Å². The van der Waals surface area contributed by atoms with E-state index in [4.69, 9.17) is 0 Å². The molecule has 0 aliphatic carbocycles. The number of nitrogens with zero attached hydrogens (tertiary/aromatic N) is 3. The van der Waals surface area contributed by atoms with Gasteiger partial charge in [-0.1, -0.05) is 27.7 Å². The van der Waals surface area contributed by atoms with E-state index in [0.717, 1.165) is 18.8 Å². The summed E-state index contributed by atoms with van der Waals surface area (Å²) in [5.41, 5.74) is 2.47. The van der Waals surface area contributed by atoms with Crippen molar-refractivity contribution in [2.24, 2.45) is 13.0 Å². The van der Waals surface area contributed by atoms with E-state index < -0.39 is 0 Å². The summed E-state index contributed by atoms with van der Waals surface area (Å²) in [6.45, 7) is 13.2. The second kappa shape index (κ2) is 7.67. The van der Waals surface area contributed by atoms with Gasteiger partial charge in [0.25, 0.3) is 0 Å². The Labute approximate surface area is 124 Å². The van der Waals surface area contributed by atoms with Gasteiger partial charge in [0.05, 0.1) is 5.69 Å². The highest BCUT2D eigenvalue weighted by Gasteiger charge is 2.24. The number of hydrogen-bond donors (Lipinski definition) is 1. The summed E-state index contributed by atoms with van der Waals surface area (Å²) in [4.78, 5) is 2.57. The van der Waals surface area contributed by atoms with Crippen molar-refractivity contribution in [2.45, 2.75) is 60.0 Å². The Hall–Kier alpha value is -1.03. The normalized spacial score (nSPS) is 11.7. The maximum atomic E-state index is 4.64. The quantitative estimate of drug-likeness (QED) is 0.794. The van der Waals surface area contributed by atoms with Gasteiger partial charge in [-0.15, -0.1) is 0 Å². The van der Waals surface area contributed by atoms with Crippen LogP contribution in [0.3, 0.4) is 0 Å². The predicted molar refractivity (Wildman–Crippen MR) is 87.3 cm³/mol. The lowest BCUT2D eigenvalue weighted by Gasteiger charge is -2.34. The highest BCUT2D eigenvalue weighted by atomic mass is 15.4. The number of nitrogens with one attached hydrogen (secondary N) is 1. The Bertz CT molecular complexity index is 405. The molecular formula is C16H32N4. The molecular weight excluding hydrogens is 248 g/mol. The van der Waals surface area contributed by atoms with E-state index >= 15 is 0 Å². The largest absolute Gasteiger partial charge is 0.353 e. The molecule has 0 aromatic carbocycles. The van der Waals surface area contributed by atoms with Gasteiger partial charge in [0.1, 0.15) is 5.82 Å². The molecule has 0 saturated carbocycles.